The summed E-state index contributed by atoms with van der Waals surface area (Å²) in [4.78, 5) is 4.35. The van der Waals surface area contributed by atoms with Gasteiger partial charge in [-0.1, -0.05) is 84.0 Å². The molecule has 0 amide bonds. The van der Waals surface area contributed by atoms with Crippen LogP contribution in [-0.2, 0) is 4.74 Å². The molecule has 3 heteroatoms. The molecule has 0 aromatic rings. The number of hydrogen-bond acceptors (Lipinski definition) is 3. The van der Waals surface area contributed by atoms with E-state index in [0.717, 1.165) is 12.3 Å². The van der Waals surface area contributed by atoms with Crippen LogP contribution in [0.5, 0.6) is 0 Å². The van der Waals surface area contributed by atoms with Gasteiger partial charge in [-0.25, -0.2) is 4.99 Å². The fourth-order valence-electron chi connectivity index (χ4n) is 2.99. The first-order chi connectivity index (χ1) is 10.9. The minimum absolute atomic E-state index is 0.00280. The third-order valence-electron chi connectivity index (χ3n) is 4.47. The zero-order valence-corrected chi connectivity index (χ0v) is 14.7. The Labute approximate surface area is 137 Å². The Morgan fingerprint density at radius 1 is 0.864 bits per heavy atom. The fourth-order valence-corrected chi connectivity index (χ4v) is 2.99. The van der Waals surface area contributed by atoms with Crippen molar-refractivity contribution in [3.05, 3.63) is 0 Å². The van der Waals surface area contributed by atoms with Crippen LogP contribution in [0.1, 0.15) is 96.8 Å². The standard InChI is InChI=1S/C19H37NO2/c1-2-3-4-5-6-7-8-9-10-11-12-13-14-15-19-20-18(16-21)17-22-19/h18,21H,2-17H2,1H3. The molecule has 0 fully saturated rings. The maximum atomic E-state index is 8.98. The van der Waals surface area contributed by atoms with Gasteiger partial charge in [-0.15, -0.1) is 0 Å². The molecule has 1 aliphatic rings. The second-order valence-electron chi connectivity index (χ2n) is 6.66. The Balaban J connectivity index is 1.75. The highest BCUT2D eigenvalue weighted by molar-refractivity contribution is 5.77. The van der Waals surface area contributed by atoms with Crippen molar-refractivity contribution in [1.82, 2.24) is 0 Å². The molecule has 130 valence electrons. The summed E-state index contributed by atoms with van der Waals surface area (Å²) in [6.45, 7) is 2.96. The smallest absolute Gasteiger partial charge is 0.183 e. The molecule has 0 bridgehead atoms. The third-order valence-corrected chi connectivity index (χ3v) is 4.47. The van der Waals surface area contributed by atoms with Crippen LogP contribution in [0.3, 0.4) is 0 Å². The first-order valence-electron chi connectivity index (χ1n) is 9.67. The predicted octanol–water partition coefficient (Wildman–Crippen LogP) is 5.26. The van der Waals surface area contributed by atoms with Gasteiger partial charge in [-0.2, -0.15) is 0 Å². The van der Waals surface area contributed by atoms with E-state index < -0.39 is 0 Å². The highest BCUT2D eigenvalue weighted by atomic mass is 16.5. The van der Waals surface area contributed by atoms with Crippen molar-refractivity contribution in [2.45, 2.75) is 103 Å². The number of ether oxygens (including phenoxy) is 1. The normalized spacial score (nSPS) is 17.5. The lowest BCUT2D eigenvalue weighted by Crippen LogP contribution is -2.10. The largest absolute Gasteiger partial charge is 0.479 e. The molecule has 1 atom stereocenters. The monoisotopic (exact) mass is 311 g/mol. The summed E-state index contributed by atoms with van der Waals surface area (Å²) < 4.78 is 5.45. The average molecular weight is 312 g/mol. The lowest BCUT2D eigenvalue weighted by Gasteiger charge is -2.03. The van der Waals surface area contributed by atoms with E-state index in [4.69, 9.17) is 9.84 Å². The summed E-state index contributed by atoms with van der Waals surface area (Å²) >= 11 is 0. The van der Waals surface area contributed by atoms with E-state index in [1.165, 1.54) is 83.5 Å². The molecule has 1 unspecified atom stereocenters. The second-order valence-corrected chi connectivity index (χ2v) is 6.66. The van der Waals surface area contributed by atoms with Crippen molar-refractivity contribution in [2.24, 2.45) is 4.99 Å². The lowest BCUT2D eigenvalue weighted by molar-refractivity contribution is 0.226. The Bertz CT molecular complexity index is 279. The number of rotatable bonds is 15. The van der Waals surface area contributed by atoms with Gasteiger partial charge in [0.1, 0.15) is 12.6 Å². The zero-order valence-electron chi connectivity index (χ0n) is 14.7. The van der Waals surface area contributed by atoms with E-state index >= 15 is 0 Å². The van der Waals surface area contributed by atoms with Crippen LogP contribution >= 0.6 is 0 Å². The van der Waals surface area contributed by atoms with E-state index in [-0.39, 0.29) is 12.6 Å². The third kappa shape index (κ3) is 10.2. The molecule has 0 spiro atoms. The fraction of sp³-hybridized carbons (Fsp3) is 0.947. The van der Waals surface area contributed by atoms with Crippen molar-refractivity contribution in [3.63, 3.8) is 0 Å². The molecule has 0 saturated carbocycles. The van der Waals surface area contributed by atoms with E-state index in [2.05, 4.69) is 11.9 Å². The van der Waals surface area contributed by atoms with Gasteiger partial charge in [0.2, 0.25) is 0 Å². The topological polar surface area (TPSA) is 41.8 Å². The number of aliphatic hydroxyl groups is 1. The molecule has 1 heterocycles. The minimum atomic E-state index is -0.00280. The van der Waals surface area contributed by atoms with Crippen molar-refractivity contribution in [2.75, 3.05) is 13.2 Å². The van der Waals surface area contributed by atoms with Crippen LogP contribution in [-0.4, -0.2) is 30.3 Å². The van der Waals surface area contributed by atoms with E-state index in [1.807, 2.05) is 0 Å². The summed E-state index contributed by atoms with van der Waals surface area (Å²) in [7, 11) is 0. The minimum Gasteiger partial charge on any atom is -0.479 e. The molecule has 1 rings (SSSR count). The Morgan fingerprint density at radius 3 is 1.82 bits per heavy atom. The van der Waals surface area contributed by atoms with Gasteiger partial charge in [-0.05, 0) is 6.42 Å². The lowest BCUT2D eigenvalue weighted by atomic mass is 10.0. The first-order valence-corrected chi connectivity index (χ1v) is 9.67. The van der Waals surface area contributed by atoms with Crippen LogP contribution in [0.4, 0.5) is 0 Å². The Morgan fingerprint density at radius 2 is 1.36 bits per heavy atom. The molecule has 0 aromatic carbocycles. The number of hydrogen-bond donors (Lipinski definition) is 1. The van der Waals surface area contributed by atoms with Gasteiger partial charge >= 0.3 is 0 Å². The predicted molar refractivity (Wildman–Crippen MR) is 94.6 cm³/mol. The van der Waals surface area contributed by atoms with Crippen LogP contribution in [0.2, 0.25) is 0 Å². The molecule has 22 heavy (non-hydrogen) atoms. The molecule has 1 aliphatic heterocycles. The number of unbranched alkanes of at least 4 members (excludes halogenated alkanes) is 12. The first kappa shape index (κ1) is 19.5. The molecular formula is C19H37NO2. The summed E-state index contributed by atoms with van der Waals surface area (Å²) in [5.74, 6) is 0.863. The Hall–Kier alpha value is -0.570. The van der Waals surface area contributed by atoms with Gasteiger partial charge < -0.3 is 9.84 Å². The number of aliphatic hydroxyl groups excluding tert-OH is 1. The molecule has 0 aliphatic carbocycles. The van der Waals surface area contributed by atoms with Crippen molar-refractivity contribution in [1.29, 1.82) is 0 Å². The van der Waals surface area contributed by atoms with Crippen LogP contribution in [0.25, 0.3) is 0 Å². The summed E-state index contributed by atoms with van der Waals surface area (Å²) in [5, 5.41) is 8.98. The second kappa shape index (κ2) is 14.0. The van der Waals surface area contributed by atoms with Crippen LogP contribution < -0.4 is 0 Å². The average Bonchev–Trinajstić information content (AvgIpc) is 3.00. The van der Waals surface area contributed by atoms with Gasteiger partial charge in [0.25, 0.3) is 0 Å². The maximum Gasteiger partial charge on any atom is 0.183 e. The molecule has 0 radical (unpaired) electrons. The summed E-state index contributed by atoms with van der Waals surface area (Å²) in [5.41, 5.74) is 0. The van der Waals surface area contributed by atoms with Gasteiger partial charge in [0.05, 0.1) is 6.61 Å². The molecule has 0 saturated heterocycles. The maximum absolute atomic E-state index is 8.98. The molecular weight excluding hydrogens is 274 g/mol. The summed E-state index contributed by atoms with van der Waals surface area (Å²) in [6, 6.07) is -0.00280. The molecule has 0 aromatic heterocycles. The van der Waals surface area contributed by atoms with Crippen molar-refractivity contribution in [3.8, 4) is 0 Å². The van der Waals surface area contributed by atoms with Gasteiger partial charge in [0, 0.05) is 6.42 Å². The zero-order chi connectivity index (χ0) is 15.9. The van der Waals surface area contributed by atoms with Crippen molar-refractivity contribution >= 4 is 5.90 Å². The molecule has 3 nitrogen and oxygen atoms in total. The van der Waals surface area contributed by atoms with E-state index in [0.29, 0.717) is 6.61 Å². The molecule has 1 N–H and O–H groups in total. The van der Waals surface area contributed by atoms with E-state index in [1.54, 1.807) is 0 Å². The SMILES string of the molecule is CCCCCCCCCCCCCCCC1=NC(CO)CO1. The van der Waals surface area contributed by atoms with Gasteiger partial charge in [-0.3, -0.25) is 0 Å². The Kier molecular flexibility index (Phi) is 12.4. The highest BCUT2D eigenvalue weighted by Crippen LogP contribution is 2.14. The van der Waals surface area contributed by atoms with Crippen molar-refractivity contribution < 1.29 is 9.84 Å². The highest BCUT2D eigenvalue weighted by Gasteiger charge is 2.16. The number of aliphatic imine (C=N–C) groups is 1. The van der Waals surface area contributed by atoms with E-state index in [9.17, 15) is 0 Å². The van der Waals surface area contributed by atoms with Crippen LogP contribution in [0.15, 0.2) is 4.99 Å². The quantitative estimate of drug-likeness (QED) is 0.419. The van der Waals surface area contributed by atoms with Crippen LogP contribution in [0, 0.1) is 0 Å². The van der Waals surface area contributed by atoms with Gasteiger partial charge in [0.15, 0.2) is 5.90 Å². The summed E-state index contributed by atoms with van der Waals surface area (Å²) in [6.07, 6.45) is 18.9. The number of nitrogens with zero attached hydrogens (tertiary/aromatic N) is 1.